The van der Waals surface area contributed by atoms with E-state index in [1.165, 1.54) is 6.26 Å². The van der Waals surface area contributed by atoms with E-state index in [1.54, 1.807) is 24.3 Å². The fraction of sp³-hybridized carbons (Fsp3) is 0.389. The van der Waals surface area contributed by atoms with Crippen LogP contribution in [-0.4, -0.2) is 15.8 Å². The van der Waals surface area contributed by atoms with Crippen molar-refractivity contribution in [2.75, 3.05) is 0 Å². The van der Waals surface area contributed by atoms with Crippen LogP contribution >= 0.6 is 0 Å². The van der Waals surface area contributed by atoms with E-state index < -0.39 is 22.6 Å². The van der Waals surface area contributed by atoms with Crippen LogP contribution in [0.25, 0.3) is 0 Å². The molecule has 130 valence electrons. The summed E-state index contributed by atoms with van der Waals surface area (Å²) < 4.78 is 26.2. The standard InChI is InChI=1S/C18H23NO4S/c1-13-7-9-14(10-8-13)24(21)19-15(16-6-5-11-22-16)12-17(20)23-18(2,3)4/h5-11,15,19H,12H2,1-4H3/t15-,24?/m1/s1. The molecular weight excluding hydrogens is 326 g/mol. The van der Waals surface area contributed by atoms with Gasteiger partial charge in [-0.05, 0) is 52.0 Å². The average molecular weight is 349 g/mol. The van der Waals surface area contributed by atoms with E-state index in [-0.39, 0.29) is 12.4 Å². The second-order valence-corrected chi connectivity index (χ2v) is 7.80. The van der Waals surface area contributed by atoms with Gasteiger partial charge in [0.1, 0.15) is 22.3 Å². The number of benzene rings is 1. The highest BCUT2D eigenvalue weighted by atomic mass is 32.2. The highest BCUT2D eigenvalue weighted by Gasteiger charge is 2.25. The monoisotopic (exact) mass is 349 g/mol. The van der Waals surface area contributed by atoms with Gasteiger partial charge < -0.3 is 9.15 Å². The minimum atomic E-state index is -1.46. The Bertz CT molecular complexity index is 687. The van der Waals surface area contributed by atoms with Crippen molar-refractivity contribution in [1.29, 1.82) is 0 Å². The van der Waals surface area contributed by atoms with Crippen LogP contribution < -0.4 is 4.72 Å². The normalized spacial score (nSPS) is 14.2. The third-order valence-corrected chi connectivity index (χ3v) is 4.36. The third-order valence-electron chi connectivity index (χ3n) is 3.16. The van der Waals surface area contributed by atoms with Gasteiger partial charge in [0.25, 0.3) is 0 Å². The number of ether oxygens (including phenoxy) is 1. The lowest BCUT2D eigenvalue weighted by Gasteiger charge is -2.22. The zero-order valence-corrected chi connectivity index (χ0v) is 15.2. The first-order chi connectivity index (χ1) is 11.2. The number of hydrogen-bond donors (Lipinski definition) is 1. The van der Waals surface area contributed by atoms with Gasteiger partial charge in [-0.15, -0.1) is 0 Å². The first-order valence-corrected chi connectivity index (χ1v) is 8.89. The van der Waals surface area contributed by atoms with Crippen LogP contribution in [0.4, 0.5) is 0 Å². The predicted molar refractivity (Wildman–Crippen MR) is 92.6 cm³/mol. The molecule has 0 aliphatic carbocycles. The van der Waals surface area contributed by atoms with Crippen LogP contribution in [0, 0.1) is 6.92 Å². The van der Waals surface area contributed by atoms with Crippen molar-refractivity contribution < 1.29 is 18.2 Å². The van der Waals surface area contributed by atoms with Crippen molar-refractivity contribution in [3.63, 3.8) is 0 Å². The summed E-state index contributed by atoms with van der Waals surface area (Å²) in [5.41, 5.74) is 0.521. The zero-order valence-electron chi connectivity index (χ0n) is 14.4. The summed E-state index contributed by atoms with van der Waals surface area (Å²) in [7, 11) is -1.46. The molecule has 0 bridgehead atoms. The van der Waals surface area contributed by atoms with Crippen LogP contribution in [0.2, 0.25) is 0 Å². The summed E-state index contributed by atoms with van der Waals surface area (Å²) in [6, 6.07) is 10.3. The lowest BCUT2D eigenvalue weighted by Crippen LogP contribution is -2.30. The predicted octanol–water partition coefficient (Wildman–Crippen LogP) is 3.67. The molecule has 6 heteroatoms. The molecule has 1 N–H and O–H groups in total. The zero-order chi connectivity index (χ0) is 17.7. The minimum absolute atomic E-state index is 0.0301. The molecule has 0 fully saturated rings. The molecule has 0 aliphatic rings. The molecule has 0 radical (unpaired) electrons. The fourth-order valence-corrected chi connectivity index (χ4v) is 3.08. The van der Waals surface area contributed by atoms with Gasteiger partial charge in [-0.1, -0.05) is 17.7 Å². The molecule has 0 aliphatic heterocycles. The molecule has 0 amide bonds. The van der Waals surface area contributed by atoms with Crippen LogP contribution in [0.15, 0.2) is 52.0 Å². The highest BCUT2D eigenvalue weighted by molar-refractivity contribution is 7.83. The summed E-state index contributed by atoms with van der Waals surface area (Å²) in [5.74, 6) is 0.165. The van der Waals surface area contributed by atoms with Gasteiger partial charge in [0.15, 0.2) is 0 Å². The lowest BCUT2D eigenvalue weighted by atomic mass is 10.1. The molecule has 2 rings (SSSR count). The van der Waals surface area contributed by atoms with Crippen molar-refractivity contribution >= 4 is 17.0 Å². The topological polar surface area (TPSA) is 68.5 Å². The van der Waals surface area contributed by atoms with E-state index in [0.29, 0.717) is 10.7 Å². The molecule has 24 heavy (non-hydrogen) atoms. The summed E-state index contributed by atoms with van der Waals surface area (Å²) in [6.45, 7) is 7.40. The number of esters is 1. The van der Waals surface area contributed by atoms with E-state index in [9.17, 15) is 9.00 Å². The SMILES string of the molecule is Cc1ccc(S(=O)N[C@H](CC(=O)OC(C)(C)C)c2ccco2)cc1. The van der Waals surface area contributed by atoms with E-state index >= 15 is 0 Å². The largest absolute Gasteiger partial charge is 0.468 e. The Kier molecular flexibility index (Phi) is 5.96. The lowest BCUT2D eigenvalue weighted by molar-refractivity contribution is -0.155. The van der Waals surface area contributed by atoms with Crippen LogP contribution in [0.3, 0.4) is 0 Å². The van der Waals surface area contributed by atoms with E-state index in [2.05, 4.69) is 4.72 Å². The Morgan fingerprint density at radius 3 is 2.46 bits per heavy atom. The molecule has 1 aromatic heterocycles. The van der Waals surface area contributed by atoms with Gasteiger partial charge in [0.2, 0.25) is 0 Å². The summed E-state index contributed by atoms with van der Waals surface area (Å²) in [4.78, 5) is 12.8. The van der Waals surface area contributed by atoms with Gasteiger partial charge in [-0.2, -0.15) is 0 Å². The Hall–Kier alpha value is -1.92. The third kappa shape index (κ3) is 5.62. The Morgan fingerprint density at radius 2 is 1.92 bits per heavy atom. The fourth-order valence-electron chi connectivity index (χ4n) is 2.10. The van der Waals surface area contributed by atoms with Crippen molar-refractivity contribution in [2.24, 2.45) is 0 Å². The number of rotatable bonds is 6. The van der Waals surface area contributed by atoms with Gasteiger partial charge in [-0.25, -0.2) is 8.93 Å². The Balaban J connectivity index is 2.11. The van der Waals surface area contributed by atoms with Crippen LogP contribution in [-0.2, 0) is 20.5 Å². The molecule has 0 saturated carbocycles. The Morgan fingerprint density at radius 1 is 1.25 bits per heavy atom. The Labute approximate surface area is 145 Å². The van der Waals surface area contributed by atoms with E-state index in [0.717, 1.165) is 5.56 Å². The van der Waals surface area contributed by atoms with Crippen molar-refractivity contribution in [3.05, 3.63) is 54.0 Å². The highest BCUT2D eigenvalue weighted by Crippen LogP contribution is 2.21. The average Bonchev–Trinajstić information content (AvgIpc) is 2.99. The molecule has 5 nitrogen and oxygen atoms in total. The van der Waals surface area contributed by atoms with E-state index in [1.807, 2.05) is 39.8 Å². The molecule has 1 unspecified atom stereocenters. The minimum Gasteiger partial charge on any atom is -0.468 e. The number of nitrogens with one attached hydrogen (secondary N) is 1. The summed E-state index contributed by atoms with van der Waals surface area (Å²) in [6.07, 6.45) is 1.55. The molecule has 1 aromatic carbocycles. The van der Waals surface area contributed by atoms with Crippen molar-refractivity contribution in [2.45, 2.75) is 50.7 Å². The first kappa shape index (κ1) is 18.4. The van der Waals surface area contributed by atoms with Crippen LogP contribution in [0.1, 0.15) is 44.6 Å². The first-order valence-electron chi connectivity index (χ1n) is 7.74. The maximum atomic E-state index is 12.5. The maximum Gasteiger partial charge on any atom is 0.308 e. The smallest absolute Gasteiger partial charge is 0.308 e. The number of carbonyl (C=O) groups excluding carboxylic acids is 1. The second kappa shape index (κ2) is 7.77. The quantitative estimate of drug-likeness (QED) is 0.808. The van der Waals surface area contributed by atoms with Gasteiger partial charge in [-0.3, -0.25) is 4.79 Å². The molecular formula is C18H23NO4S. The van der Waals surface area contributed by atoms with Gasteiger partial charge in [0.05, 0.1) is 23.6 Å². The van der Waals surface area contributed by atoms with Gasteiger partial charge in [0, 0.05) is 0 Å². The van der Waals surface area contributed by atoms with Crippen molar-refractivity contribution in [3.8, 4) is 0 Å². The molecule has 2 atom stereocenters. The summed E-state index contributed by atoms with van der Waals surface area (Å²) >= 11 is 0. The van der Waals surface area contributed by atoms with Crippen molar-refractivity contribution in [1.82, 2.24) is 4.72 Å². The molecule has 1 heterocycles. The number of hydrogen-bond acceptors (Lipinski definition) is 4. The number of carbonyl (C=O) groups is 1. The van der Waals surface area contributed by atoms with E-state index in [4.69, 9.17) is 9.15 Å². The number of aryl methyl sites for hydroxylation is 1. The molecule has 2 aromatic rings. The maximum absolute atomic E-state index is 12.5. The summed E-state index contributed by atoms with van der Waals surface area (Å²) in [5, 5.41) is 0. The van der Waals surface area contributed by atoms with Gasteiger partial charge >= 0.3 is 5.97 Å². The molecule has 0 saturated heterocycles. The van der Waals surface area contributed by atoms with Crippen LogP contribution in [0.5, 0.6) is 0 Å². The molecule has 0 spiro atoms. The number of furan rings is 1. The second-order valence-electron chi connectivity index (χ2n) is 6.56.